The van der Waals surface area contributed by atoms with Gasteiger partial charge in [-0.25, -0.2) is 8.78 Å². The minimum Gasteiger partial charge on any atom is -0.340 e. The molecule has 3 rings (SSSR count). The van der Waals surface area contributed by atoms with Crippen LogP contribution in [-0.4, -0.2) is 10.4 Å². The highest BCUT2D eigenvalue weighted by Gasteiger charge is 2.12. The average molecular weight is 350 g/mol. The van der Waals surface area contributed by atoms with Gasteiger partial charge in [-0.15, -0.1) is 0 Å². The standard InChI is InChI=1S/C16H10BrF2NO/c17-12-3-1-10-5-6-20(15(10)8-12)9-16(21)11-2-4-13(18)14(19)7-11/h1-8H,9H2. The van der Waals surface area contributed by atoms with Crippen molar-refractivity contribution >= 4 is 32.6 Å². The van der Waals surface area contributed by atoms with E-state index >= 15 is 0 Å². The van der Waals surface area contributed by atoms with Crippen molar-refractivity contribution in [3.63, 3.8) is 0 Å². The molecule has 0 fully saturated rings. The second kappa shape index (κ2) is 5.41. The molecule has 3 aromatic rings. The van der Waals surface area contributed by atoms with Crippen molar-refractivity contribution in [2.45, 2.75) is 6.54 Å². The van der Waals surface area contributed by atoms with Crippen LogP contribution >= 0.6 is 15.9 Å². The van der Waals surface area contributed by atoms with Gasteiger partial charge in [0.15, 0.2) is 17.4 Å². The largest absolute Gasteiger partial charge is 0.340 e. The molecule has 0 spiro atoms. The molecule has 0 bridgehead atoms. The van der Waals surface area contributed by atoms with Crippen LogP contribution in [0.25, 0.3) is 10.9 Å². The summed E-state index contributed by atoms with van der Waals surface area (Å²) in [5, 5.41) is 1.01. The van der Waals surface area contributed by atoms with Crippen molar-refractivity contribution in [1.29, 1.82) is 0 Å². The Balaban J connectivity index is 1.92. The van der Waals surface area contributed by atoms with Gasteiger partial charge < -0.3 is 4.57 Å². The predicted molar refractivity (Wildman–Crippen MR) is 80.3 cm³/mol. The summed E-state index contributed by atoms with van der Waals surface area (Å²) >= 11 is 3.39. The van der Waals surface area contributed by atoms with Gasteiger partial charge in [0.25, 0.3) is 0 Å². The maximum atomic E-state index is 13.2. The zero-order chi connectivity index (χ0) is 15.0. The number of Topliss-reactive ketones (excluding diaryl/α,β-unsaturated/α-hetero) is 1. The van der Waals surface area contributed by atoms with Crippen molar-refractivity contribution in [3.8, 4) is 0 Å². The number of hydrogen-bond acceptors (Lipinski definition) is 1. The van der Waals surface area contributed by atoms with E-state index in [1.54, 1.807) is 10.8 Å². The fraction of sp³-hybridized carbons (Fsp3) is 0.0625. The van der Waals surface area contributed by atoms with E-state index in [9.17, 15) is 13.6 Å². The van der Waals surface area contributed by atoms with E-state index in [1.165, 1.54) is 6.07 Å². The summed E-state index contributed by atoms with van der Waals surface area (Å²) in [4.78, 5) is 12.2. The molecule has 0 atom stereocenters. The first-order valence-corrected chi connectivity index (χ1v) is 7.06. The van der Waals surface area contributed by atoms with Gasteiger partial charge in [-0.05, 0) is 41.8 Å². The number of halogens is 3. The summed E-state index contributed by atoms with van der Waals surface area (Å²) in [6.45, 7) is 0.0744. The van der Waals surface area contributed by atoms with Crippen LogP contribution < -0.4 is 0 Å². The molecule has 0 N–H and O–H groups in total. The van der Waals surface area contributed by atoms with Crippen LogP contribution in [0.1, 0.15) is 10.4 Å². The average Bonchev–Trinajstić information content (AvgIpc) is 2.84. The molecule has 0 aliphatic rings. The Morgan fingerprint density at radius 3 is 2.62 bits per heavy atom. The van der Waals surface area contributed by atoms with E-state index in [2.05, 4.69) is 15.9 Å². The Morgan fingerprint density at radius 1 is 1.05 bits per heavy atom. The number of aromatic nitrogens is 1. The van der Waals surface area contributed by atoms with Gasteiger partial charge in [-0.3, -0.25) is 4.79 Å². The molecule has 1 heterocycles. The SMILES string of the molecule is O=C(Cn1ccc2ccc(Br)cc21)c1ccc(F)c(F)c1. The Labute approximate surface area is 128 Å². The molecule has 2 aromatic carbocycles. The minimum atomic E-state index is -1.01. The Hall–Kier alpha value is -2.01. The van der Waals surface area contributed by atoms with Gasteiger partial charge in [-0.1, -0.05) is 22.0 Å². The maximum absolute atomic E-state index is 13.2. The van der Waals surface area contributed by atoms with Crippen LogP contribution in [0.3, 0.4) is 0 Å². The number of nitrogens with zero attached hydrogens (tertiary/aromatic N) is 1. The van der Waals surface area contributed by atoms with E-state index in [0.29, 0.717) is 0 Å². The quantitative estimate of drug-likeness (QED) is 0.635. The molecule has 1 aromatic heterocycles. The third kappa shape index (κ3) is 2.74. The fourth-order valence-corrected chi connectivity index (χ4v) is 2.56. The van der Waals surface area contributed by atoms with Gasteiger partial charge in [0, 0.05) is 21.7 Å². The minimum absolute atomic E-state index is 0.0744. The second-order valence-corrected chi connectivity index (χ2v) is 5.61. The number of fused-ring (bicyclic) bond motifs is 1. The van der Waals surface area contributed by atoms with Crippen molar-refractivity contribution in [2.75, 3.05) is 0 Å². The fourth-order valence-electron chi connectivity index (χ4n) is 2.21. The third-order valence-corrected chi connectivity index (χ3v) is 3.78. The molecule has 0 saturated carbocycles. The van der Waals surface area contributed by atoms with Crippen LogP contribution in [0.5, 0.6) is 0 Å². The molecule has 0 amide bonds. The van der Waals surface area contributed by atoms with Gasteiger partial charge in [-0.2, -0.15) is 0 Å². The number of carbonyl (C=O) groups excluding carboxylic acids is 1. The van der Waals surface area contributed by atoms with Crippen LogP contribution in [0, 0.1) is 11.6 Å². The first-order chi connectivity index (χ1) is 10.0. The van der Waals surface area contributed by atoms with E-state index in [0.717, 1.165) is 27.5 Å². The van der Waals surface area contributed by atoms with Crippen molar-refractivity contribution in [1.82, 2.24) is 4.57 Å². The second-order valence-electron chi connectivity index (χ2n) is 4.70. The molecule has 0 unspecified atom stereocenters. The smallest absolute Gasteiger partial charge is 0.182 e. The molecular formula is C16H10BrF2NO. The molecule has 106 valence electrons. The predicted octanol–water partition coefficient (Wildman–Crippen LogP) is 4.56. The summed E-state index contributed by atoms with van der Waals surface area (Å²) in [6, 6.07) is 10.9. The summed E-state index contributed by atoms with van der Waals surface area (Å²) in [5.41, 5.74) is 1.06. The van der Waals surface area contributed by atoms with Crippen molar-refractivity contribution < 1.29 is 13.6 Å². The van der Waals surface area contributed by atoms with Gasteiger partial charge >= 0.3 is 0 Å². The molecule has 2 nitrogen and oxygen atoms in total. The van der Waals surface area contributed by atoms with E-state index in [4.69, 9.17) is 0 Å². The lowest BCUT2D eigenvalue weighted by Gasteiger charge is -2.06. The molecule has 0 aliphatic carbocycles. The highest BCUT2D eigenvalue weighted by Crippen LogP contribution is 2.21. The lowest BCUT2D eigenvalue weighted by molar-refractivity contribution is 0.0973. The Kier molecular flexibility index (Phi) is 3.59. The molecule has 0 aliphatic heterocycles. The Bertz CT molecular complexity index is 841. The highest BCUT2D eigenvalue weighted by molar-refractivity contribution is 9.10. The van der Waals surface area contributed by atoms with E-state index < -0.39 is 11.6 Å². The number of carbonyl (C=O) groups is 1. The summed E-state index contributed by atoms with van der Waals surface area (Å²) in [7, 11) is 0. The molecule has 21 heavy (non-hydrogen) atoms. The lowest BCUT2D eigenvalue weighted by atomic mass is 10.1. The maximum Gasteiger partial charge on any atom is 0.182 e. The number of benzene rings is 2. The molecule has 5 heteroatoms. The molecule has 0 radical (unpaired) electrons. The highest BCUT2D eigenvalue weighted by atomic mass is 79.9. The summed E-state index contributed by atoms with van der Waals surface area (Å²) in [6.07, 6.45) is 1.80. The summed E-state index contributed by atoms with van der Waals surface area (Å²) in [5.74, 6) is -2.24. The van der Waals surface area contributed by atoms with Crippen LogP contribution in [0.4, 0.5) is 8.78 Å². The lowest BCUT2D eigenvalue weighted by Crippen LogP contribution is -2.10. The number of ketones is 1. The molecule has 0 saturated heterocycles. The van der Waals surface area contributed by atoms with Crippen LogP contribution in [0.15, 0.2) is 53.1 Å². The summed E-state index contributed by atoms with van der Waals surface area (Å²) < 4.78 is 28.8. The van der Waals surface area contributed by atoms with Crippen LogP contribution in [-0.2, 0) is 6.54 Å². The topological polar surface area (TPSA) is 22.0 Å². The Morgan fingerprint density at radius 2 is 1.86 bits per heavy atom. The zero-order valence-corrected chi connectivity index (χ0v) is 12.4. The molecular weight excluding hydrogens is 340 g/mol. The van der Waals surface area contributed by atoms with Gasteiger partial charge in [0.05, 0.1) is 6.54 Å². The van der Waals surface area contributed by atoms with Gasteiger partial charge in [0.1, 0.15) is 0 Å². The van der Waals surface area contributed by atoms with Crippen molar-refractivity contribution in [2.24, 2.45) is 0 Å². The first kappa shape index (κ1) is 13.9. The van der Waals surface area contributed by atoms with Crippen molar-refractivity contribution in [3.05, 3.63) is 70.3 Å². The van der Waals surface area contributed by atoms with Gasteiger partial charge in [0.2, 0.25) is 0 Å². The normalized spacial score (nSPS) is 11.0. The number of rotatable bonds is 3. The third-order valence-electron chi connectivity index (χ3n) is 3.29. The van der Waals surface area contributed by atoms with Crippen LogP contribution in [0.2, 0.25) is 0 Å². The number of hydrogen-bond donors (Lipinski definition) is 0. The first-order valence-electron chi connectivity index (χ1n) is 6.27. The zero-order valence-electron chi connectivity index (χ0n) is 10.8. The van der Waals surface area contributed by atoms with E-state index in [-0.39, 0.29) is 17.9 Å². The monoisotopic (exact) mass is 349 g/mol. The van der Waals surface area contributed by atoms with E-state index in [1.807, 2.05) is 24.3 Å².